The molecule has 0 atom stereocenters. The van der Waals surface area contributed by atoms with Crippen LogP contribution in [0.25, 0.3) is 11.1 Å². The number of halogens is 2. The normalized spacial score (nSPS) is 10.3. The van der Waals surface area contributed by atoms with E-state index in [0.29, 0.717) is 16.1 Å². The fourth-order valence-electron chi connectivity index (χ4n) is 1.73. The number of hydrogen-bond donors (Lipinski definition) is 0. The summed E-state index contributed by atoms with van der Waals surface area (Å²) in [6.45, 7) is 1.82. The van der Waals surface area contributed by atoms with Gasteiger partial charge in [0.15, 0.2) is 0 Å². The maximum atomic E-state index is 13.3. The highest BCUT2D eigenvalue weighted by Gasteiger charge is 2.06. The lowest BCUT2D eigenvalue weighted by molar-refractivity contribution is 0.112. The van der Waals surface area contributed by atoms with Gasteiger partial charge in [-0.3, -0.25) is 4.79 Å². The Kier molecular flexibility index (Phi) is 3.25. The molecule has 0 saturated carbocycles. The molecule has 0 aliphatic carbocycles. The van der Waals surface area contributed by atoms with Crippen molar-refractivity contribution < 1.29 is 9.18 Å². The molecule has 2 aromatic carbocycles. The molecule has 3 heteroatoms. The molecule has 2 aromatic rings. The first-order valence-corrected chi connectivity index (χ1v) is 5.50. The standard InChI is InChI=1S/C14H10ClFO/c1-9-4-11(7-12(16)5-9)13-3-2-10(8-17)6-14(13)15/h2-8H,1H3. The van der Waals surface area contributed by atoms with E-state index in [1.165, 1.54) is 12.1 Å². The van der Waals surface area contributed by atoms with E-state index in [2.05, 4.69) is 0 Å². The molecule has 2 rings (SSSR count). The summed E-state index contributed by atoms with van der Waals surface area (Å²) in [5.41, 5.74) is 2.77. The Morgan fingerprint density at radius 2 is 1.94 bits per heavy atom. The van der Waals surface area contributed by atoms with Crippen LogP contribution in [-0.2, 0) is 0 Å². The van der Waals surface area contributed by atoms with Gasteiger partial charge >= 0.3 is 0 Å². The highest BCUT2D eigenvalue weighted by molar-refractivity contribution is 6.33. The van der Waals surface area contributed by atoms with E-state index in [9.17, 15) is 9.18 Å². The lowest BCUT2D eigenvalue weighted by Crippen LogP contribution is -1.86. The maximum Gasteiger partial charge on any atom is 0.150 e. The molecule has 0 N–H and O–H groups in total. The van der Waals surface area contributed by atoms with Crippen molar-refractivity contribution in [2.45, 2.75) is 6.92 Å². The molecular weight excluding hydrogens is 239 g/mol. The molecular formula is C14H10ClFO. The first kappa shape index (κ1) is 11.8. The highest BCUT2D eigenvalue weighted by atomic mass is 35.5. The van der Waals surface area contributed by atoms with E-state index in [-0.39, 0.29) is 5.82 Å². The molecule has 0 aliphatic heterocycles. The highest BCUT2D eigenvalue weighted by Crippen LogP contribution is 2.29. The molecule has 0 amide bonds. The summed E-state index contributed by atoms with van der Waals surface area (Å²) in [5, 5.41) is 0.444. The number of benzene rings is 2. The zero-order valence-corrected chi connectivity index (χ0v) is 9.96. The van der Waals surface area contributed by atoms with Gasteiger partial charge in [0.05, 0.1) is 0 Å². The summed E-state index contributed by atoms with van der Waals surface area (Å²) in [5.74, 6) is -0.296. The first-order chi connectivity index (χ1) is 8.10. The van der Waals surface area contributed by atoms with Gasteiger partial charge in [0.25, 0.3) is 0 Å². The summed E-state index contributed by atoms with van der Waals surface area (Å²) < 4.78 is 13.3. The third kappa shape index (κ3) is 2.53. The quantitative estimate of drug-likeness (QED) is 0.726. The Morgan fingerprint density at radius 3 is 2.53 bits per heavy atom. The second-order valence-electron chi connectivity index (χ2n) is 3.87. The number of rotatable bonds is 2. The van der Waals surface area contributed by atoms with E-state index in [4.69, 9.17) is 11.6 Å². The minimum Gasteiger partial charge on any atom is -0.298 e. The lowest BCUT2D eigenvalue weighted by Gasteiger charge is -2.06. The van der Waals surface area contributed by atoms with Crippen LogP contribution in [-0.4, -0.2) is 6.29 Å². The Labute approximate surface area is 104 Å². The summed E-state index contributed by atoms with van der Waals surface area (Å²) in [4.78, 5) is 10.6. The van der Waals surface area contributed by atoms with E-state index >= 15 is 0 Å². The fourth-order valence-corrected chi connectivity index (χ4v) is 2.03. The smallest absolute Gasteiger partial charge is 0.150 e. The molecule has 1 nitrogen and oxygen atoms in total. The van der Waals surface area contributed by atoms with Crippen molar-refractivity contribution in [3.63, 3.8) is 0 Å². The van der Waals surface area contributed by atoms with E-state index in [0.717, 1.165) is 17.4 Å². The molecule has 17 heavy (non-hydrogen) atoms. The van der Waals surface area contributed by atoms with Gasteiger partial charge in [-0.05, 0) is 36.2 Å². The van der Waals surface area contributed by atoms with Crippen molar-refractivity contribution in [3.05, 3.63) is 58.4 Å². The van der Waals surface area contributed by atoms with Crippen LogP contribution in [0.4, 0.5) is 4.39 Å². The molecule has 0 bridgehead atoms. The van der Waals surface area contributed by atoms with Gasteiger partial charge in [-0.25, -0.2) is 4.39 Å². The second-order valence-corrected chi connectivity index (χ2v) is 4.28. The number of carbonyl (C=O) groups is 1. The average molecular weight is 249 g/mol. The van der Waals surface area contributed by atoms with Gasteiger partial charge in [0.2, 0.25) is 0 Å². The van der Waals surface area contributed by atoms with Crippen molar-refractivity contribution in [1.82, 2.24) is 0 Å². The zero-order valence-electron chi connectivity index (χ0n) is 9.21. The monoisotopic (exact) mass is 248 g/mol. The SMILES string of the molecule is Cc1cc(F)cc(-c2ccc(C=O)cc2Cl)c1. The Hall–Kier alpha value is -1.67. The predicted octanol–water partition coefficient (Wildman–Crippen LogP) is 4.27. The zero-order chi connectivity index (χ0) is 12.4. The van der Waals surface area contributed by atoms with Crippen LogP contribution in [0.2, 0.25) is 5.02 Å². The van der Waals surface area contributed by atoms with Gasteiger partial charge in [-0.1, -0.05) is 29.8 Å². The molecule has 0 unspecified atom stereocenters. The van der Waals surface area contributed by atoms with Gasteiger partial charge in [0, 0.05) is 16.1 Å². The van der Waals surface area contributed by atoms with Crippen LogP contribution in [0.15, 0.2) is 36.4 Å². The molecule has 0 heterocycles. The average Bonchev–Trinajstić information content (AvgIpc) is 2.27. The Balaban J connectivity index is 2.56. The van der Waals surface area contributed by atoms with Gasteiger partial charge in [-0.15, -0.1) is 0 Å². The van der Waals surface area contributed by atoms with Crippen LogP contribution in [0, 0.1) is 12.7 Å². The maximum absolute atomic E-state index is 13.3. The predicted molar refractivity (Wildman–Crippen MR) is 67.0 cm³/mol. The van der Waals surface area contributed by atoms with Crippen molar-refractivity contribution in [2.24, 2.45) is 0 Å². The second kappa shape index (κ2) is 4.68. The molecule has 0 radical (unpaired) electrons. The van der Waals surface area contributed by atoms with E-state index in [1.807, 2.05) is 13.0 Å². The molecule has 0 saturated heterocycles. The van der Waals surface area contributed by atoms with Crippen LogP contribution >= 0.6 is 11.6 Å². The van der Waals surface area contributed by atoms with Crippen LogP contribution in [0.1, 0.15) is 15.9 Å². The summed E-state index contributed by atoms with van der Waals surface area (Å²) in [6, 6.07) is 9.69. The summed E-state index contributed by atoms with van der Waals surface area (Å²) in [7, 11) is 0. The summed E-state index contributed by atoms with van der Waals surface area (Å²) in [6.07, 6.45) is 0.729. The summed E-state index contributed by atoms with van der Waals surface area (Å²) >= 11 is 6.07. The first-order valence-electron chi connectivity index (χ1n) is 5.12. The minimum absolute atomic E-state index is 0.296. The van der Waals surface area contributed by atoms with Gasteiger partial charge in [0.1, 0.15) is 12.1 Å². The molecule has 0 spiro atoms. The number of hydrogen-bond acceptors (Lipinski definition) is 1. The molecule has 86 valence electrons. The van der Waals surface area contributed by atoms with Crippen molar-refractivity contribution in [2.75, 3.05) is 0 Å². The van der Waals surface area contributed by atoms with E-state index in [1.54, 1.807) is 18.2 Å². The van der Waals surface area contributed by atoms with Gasteiger partial charge in [-0.2, -0.15) is 0 Å². The molecule has 0 aliphatic rings. The lowest BCUT2D eigenvalue weighted by atomic mass is 10.0. The van der Waals surface area contributed by atoms with Crippen molar-refractivity contribution in [3.8, 4) is 11.1 Å². The van der Waals surface area contributed by atoms with Gasteiger partial charge < -0.3 is 0 Å². The minimum atomic E-state index is -0.296. The van der Waals surface area contributed by atoms with Crippen molar-refractivity contribution >= 4 is 17.9 Å². The number of aldehydes is 1. The third-order valence-electron chi connectivity index (χ3n) is 2.48. The Bertz CT molecular complexity index is 558. The van der Waals surface area contributed by atoms with Crippen LogP contribution in [0.3, 0.4) is 0 Å². The van der Waals surface area contributed by atoms with Crippen molar-refractivity contribution in [1.29, 1.82) is 0 Å². The molecule has 0 fully saturated rings. The molecule has 0 aromatic heterocycles. The van der Waals surface area contributed by atoms with Crippen LogP contribution < -0.4 is 0 Å². The fraction of sp³-hybridized carbons (Fsp3) is 0.0714. The number of carbonyl (C=O) groups excluding carboxylic acids is 1. The largest absolute Gasteiger partial charge is 0.298 e. The third-order valence-corrected chi connectivity index (χ3v) is 2.80. The van der Waals surface area contributed by atoms with Crippen LogP contribution in [0.5, 0.6) is 0 Å². The van der Waals surface area contributed by atoms with E-state index < -0.39 is 0 Å². The topological polar surface area (TPSA) is 17.1 Å². The number of aryl methyl sites for hydroxylation is 1. The Morgan fingerprint density at radius 1 is 1.18 bits per heavy atom.